The van der Waals surface area contributed by atoms with Crippen LogP contribution in [0.4, 0.5) is 0 Å². The molecule has 1 saturated carbocycles. The number of carbonyl (C=O) groups excluding carboxylic acids is 1. The summed E-state index contributed by atoms with van der Waals surface area (Å²) < 4.78 is 0. The summed E-state index contributed by atoms with van der Waals surface area (Å²) in [6.07, 6.45) is 3.73. The molecule has 0 spiro atoms. The van der Waals surface area contributed by atoms with Crippen molar-refractivity contribution in [2.24, 2.45) is 5.92 Å². The van der Waals surface area contributed by atoms with Gasteiger partial charge in [-0.15, -0.1) is 0 Å². The Morgan fingerprint density at radius 2 is 1.79 bits per heavy atom. The number of carbonyl (C=O) groups is 1. The van der Waals surface area contributed by atoms with Gasteiger partial charge in [-0.05, 0) is 67.1 Å². The maximum absolute atomic E-state index is 12.9. The van der Waals surface area contributed by atoms with E-state index in [9.17, 15) is 4.79 Å². The Bertz CT molecular complexity index is 1030. The summed E-state index contributed by atoms with van der Waals surface area (Å²) in [5.74, 6) is 0.386. The molecule has 1 aliphatic carbocycles. The average molecular weight is 427 g/mol. The Balaban J connectivity index is 1.57. The summed E-state index contributed by atoms with van der Waals surface area (Å²) in [7, 11) is 0. The summed E-state index contributed by atoms with van der Waals surface area (Å²) in [4.78, 5) is 19.4. The van der Waals surface area contributed by atoms with Crippen LogP contribution in [0.25, 0.3) is 10.9 Å². The van der Waals surface area contributed by atoms with Crippen LogP contribution in [0.15, 0.2) is 48.5 Å². The summed E-state index contributed by atoms with van der Waals surface area (Å²) in [6, 6.07) is 16.1. The second-order valence-electron chi connectivity index (χ2n) is 7.73. The number of pyridine rings is 1. The molecule has 150 valence electrons. The van der Waals surface area contributed by atoms with Crippen molar-refractivity contribution in [1.29, 1.82) is 0 Å². The fourth-order valence-electron chi connectivity index (χ4n) is 3.55. The maximum Gasteiger partial charge on any atom is 0.225 e. The number of hydrogen-bond acceptors (Lipinski definition) is 2. The van der Waals surface area contributed by atoms with E-state index in [1.165, 1.54) is 11.1 Å². The number of amides is 1. The molecule has 5 heteroatoms. The van der Waals surface area contributed by atoms with Gasteiger partial charge in [-0.25, -0.2) is 4.98 Å². The third-order valence-electron chi connectivity index (χ3n) is 5.50. The summed E-state index contributed by atoms with van der Waals surface area (Å²) in [5.41, 5.74) is 4.22. The number of aromatic nitrogens is 1. The van der Waals surface area contributed by atoms with Gasteiger partial charge in [-0.2, -0.15) is 0 Å². The third kappa shape index (κ3) is 4.91. The van der Waals surface area contributed by atoms with E-state index in [-0.39, 0.29) is 11.8 Å². The Hall–Kier alpha value is -2.10. The van der Waals surface area contributed by atoms with Crippen molar-refractivity contribution < 1.29 is 4.79 Å². The fraction of sp³-hybridized carbons (Fsp3) is 0.333. The monoisotopic (exact) mass is 426 g/mol. The molecule has 4 rings (SSSR count). The van der Waals surface area contributed by atoms with Gasteiger partial charge in [0.05, 0.1) is 5.52 Å². The second-order valence-corrected chi connectivity index (χ2v) is 8.52. The van der Waals surface area contributed by atoms with Crippen LogP contribution in [-0.2, 0) is 24.2 Å². The lowest BCUT2D eigenvalue weighted by Crippen LogP contribution is -2.33. The van der Waals surface area contributed by atoms with Gasteiger partial charge in [0.2, 0.25) is 5.91 Å². The van der Waals surface area contributed by atoms with Crippen LogP contribution in [0.5, 0.6) is 0 Å². The van der Waals surface area contributed by atoms with E-state index < -0.39 is 0 Å². The van der Waals surface area contributed by atoms with Gasteiger partial charge < -0.3 is 4.90 Å². The zero-order valence-electron chi connectivity index (χ0n) is 16.5. The zero-order valence-corrected chi connectivity index (χ0v) is 18.0. The van der Waals surface area contributed by atoms with Crippen LogP contribution in [0, 0.1) is 5.92 Å². The number of halogens is 2. The number of nitrogens with zero attached hydrogens (tertiary/aromatic N) is 2. The van der Waals surface area contributed by atoms with Gasteiger partial charge in [-0.1, -0.05) is 48.3 Å². The number of fused-ring (bicyclic) bond motifs is 1. The SMILES string of the molecule is CCc1ccc2nc(Cl)c(CN(CCc3ccc(Cl)cc3)C(=O)C3CC3)cc2c1. The smallest absolute Gasteiger partial charge is 0.225 e. The van der Waals surface area contributed by atoms with Crippen molar-refractivity contribution in [1.82, 2.24) is 9.88 Å². The van der Waals surface area contributed by atoms with Crippen LogP contribution in [-0.4, -0.2) is 22.3 Å². The van der Waals surface area contributed by atoms with Crippen molar-refractivity contribution >= 4 is 40.0 Å². The number of aryl methyl sites for hydroxylation is 1. The van der Waals surface area contributed by atoms with Crippen molar-refractivity contribution in [3.8, 4) is 0 Å². The minimum atomic E-state index is 0.166. The van der Waals surface area contributed by atoms with E-state index in [0.29, 0.717) is 18.2 Å². The van der Waals surface area contributed by atoms with Crippen LogP contribution < -0.4 is 0 Å². The van der Waals surface area contributed by atoms with E-state index in [1.54, 1.807) is 0 Å². The average Bonchev–Trinajstić information content (AvgIpc) is 3.57. The first-order chi connectivity index (χ1) is 14.0. The molecule has 3 nitrogen and oxygen atoms in total. The first-order valence-electron chi connectivity index (χ1n) is 10.1. The van der Waals surface area contributed by atoms with Gasteiger partial charge in [0.1, 0.15) is 5.15 Å². The lowest BCUT2D eigenvalue weighted by atomic mass is 10.1. The summed E-state index contributed by atoms with van der Waals surface area (Å²) in [5, 5.41) is 2.27. The lowest BCUT2D eigenvalue weighted by molar-refractivity contribution is -0.133. The molecule has 1 heterocycles. The molecular weight excluding hydrogens is 403 g/mol. The van der Waals surface area contributed by atoms with Crippen molar-refractivity contribution in [2.75, 3.05) is 6.54 Å². The molecule has 0 N–H and O–H groups in total. The Morgan fingerprint density at radius 3 is 2.48 bits per heavy atom. The summed E-state index contributed by atoms with van der Waals surface area (Å²) in [6.45, 7) is 3.28. The predicted octanol–water partition coefficient (Wildman–Crippen LogP) is 6.09. The topological polar surface area (TPSA) is 33.2 Å². The first kappa shape index (κ1) is 20.2. The van der Waals surface area contributed by atoms with Gasteiger partial charge in [-0.3, -0.25) is 4.79 Å². The zero-order chi connectivity index (χ0) is 20.4. The minimum absolute atomic E-state index is 0.166. The van der Waals surface area contributed by atoms with Crippen LogP contribution in [0.2, 0.25) is 10.2 Å². The molecule has 1 fully saturated rings. The molecule has 0 unspecified atom stereocenters. The summed E-state index contributed by atoms with van der Waals surface area (Å²) >= 11 is 12.5. The number of benzene rings is 2. The molecule has 0 atom stereocenters. The molecule has 0 saturated heterocycles. The van der Waals surface area contributed by atoms with Gasteiger partial charge in [0.25, 0.3) is 0 Å². The molecule has 3 aromatic rings. The Kier molecular flexibility index (Phi) is 6.07. The van der Waals surface area contributed by atoms with Gasteiger partial charge in [0, 0.05) is 35.0 Å². The highest BCUT2D eigenvalue weighted by atomic mass is 35.5. The normalized spacial score (nSPS) is 13.6. The van der Waals surface area contributed by atoms with Crippen molar-refractivity contribution in [3.63, 3.8) is 0 Å². The second kappa shape index (κ2) is 8.73. The molecule has 0 radical (unpaired) electrons. The molecule has 1 amide bonds. The van der Waals surface area contributed by atoms with E-state index in [0.717, 1.165) is 47.2 Å². The minimum Gasteiger partial charge on any atom is -0.338 e. The van der Waals surface area contributed by atoms with E-state index in [4.69, 9.17) is 23.2 Å². The van der Waals surface area contributed by atoms with Gasteiger partial charge >= 0.3 is 0 Å². The molecule has 0 aliphatic heterocycles. The van der Waals surface area contributed by atoms with Crippen molar-refractivity contribution in [2.45, 2.75) is 39.2 Å². The lowest BCUT2D eigenvalue weighted by Gasteiger charge is -2.23. The Morgan fingerprint density at radius 1 is 1.07 bits per heavy atom. The largest absolute Gasteiger partial charge is 0.338 e. The number of hydrogen-bond donors (Lipinski definition) is 0. The third-order valence-corrected chi connectivity index (χ3v) is 6.08. The highest BCUT2D eigenvalue weighted by Crippen LogP contribution is 2.32. The van der Waals surface area contributed by atoms with Crippen LogP contribution >= 0.6 is 23.2 Å². The highest BCUT2D eigenvalue weighted by Gasteiger charge is 2.33. The van der Waals surface area contributed by atoms with Crippen LogP contribution in [0.1, 0.15) is 36.5 Å². The van der Waals surface area contributed by atoms with E-state index in [1.807, 2.05) is 35.2 Å². The first-order valence-corrected chi connectivity index (χ1v) is 10.9. The van der Waals surface area contributed by atoms with E-state index in [2.05, 4.69) is 30.1 Å². The van der Waals surface area contributed by atoms with Crippen molar-refractivity contribution in [3.05, 3.63) is 75.4 Å². The molecule has 1 aliphatic rings. The maximum atomic E-state index is 12.9. The quantitative estimate of drug-likeness (QED) is 0.428. The molecule has 29 heavy (non-hydrogen) atoms. The fourth-order valence-corrected chi connectivity index (χ4v) is 3.88. The van der Waals surface area contributed by atoms with E-state index >= 15 is 0 Å². The highest BCUT2D eigenvalue weighted by molar-refractivity contribution is 6.30. The molecular formula is C24H24Cl2N2O. The predicted molar refractivity (Wildman–Crippen MR) is 119 cm³/mol. The number of rotatable bonds is 7. The Labute approximate surface area is 181 Å². The standard InChI is InChI=1S/C24H24Cl2N2O/c1-2-16-5-10-22-19(13-16)14-20(23(26)27-22)15-28(24(29)18-6-7-18)12-11-17-3-8-21(25)9-4-17/h3-5,8-10,13-14,18H,2,6-7,11-12,15H2,1H3. The molecule has 2 aromatic carbocycles. The van der Waals surface area contributed by atoms with Crippen LogP contribution in [0.3, 0.4) is 0 Å². The van der Waals surface area contributed by atoms with Gasteiger partial charge in [0.15, 0.2) is 0 Å². The molecule has 1 aromatic heterocycles. The molecule has 0 bridgehead atoms.